The lowest BCUT2D eigenvalue weighted by molar-refractivity contribution is -0.116. The minimum atomic E-state index is -3.49. The summed E-state index contributed by atoms with van der Waals surface area (Å²) in [6.45, 7) is 1.07. The summed E-state index contributed by atoms with van der Waals surface area (Å²) in [5, 5.41) is 2.79. The number of nitrogens with one attached hydrogen (secondary N) is 1. The number of hydrogen-bond acceptors (Lipinski definition) is 3. The molecule has 0 spiro atoms. The predicted octanol–water partition coefficient (Wildman–Crippen LogP) is 3.14. The Balaban J connectivity index is 1.50. The minimum Gasteiger partial charge on any atom is -0.326 e. The number of hydrogen-bond donors (Lipinski definition) is 1. The van der Waals surface area contributed by atoms with Gasteiger partial charge in [0.25, 0.3) is 0 Å². The summed E-state index contributed by atoms with van der Waals surface area (Å²) in [6, 6.07) is 15.3. The molecule has 5 nitrogen and oxygen atoms in total. The van der Waals surface area contributed by atoms with Crippen LogP contribution in [0.4, 0.5) is 5.69 Å². The molecule has 2 aliphatic heterocycles. The van der Waals surface area contributed by atoms with Crippen molar-refractivity contribution < 1.29 is 13.2 Å². The normalized spacial score (nSPS) is 19.0. The van der Waals surface area contributed by atoms with E-state index in [2.05, 4.69) is 17.4 Å². The molecule has 0 unspecified atom stereocenters. The summed E-state index contributed by atoms with van der Waals surface area (Å²) in [4.78, 5) is 11.8. The molecule has 26 heavy (non-hydrogen) atoms. The molecule has 0 atom stereocenters. The molecule has 4 rings (SSSR count). The lowest BCUT2D eigenvalue weighted by Crippen LogP contribution is -2.38. The number of anilines is 1. The van der Waals surface area contributed by atoms with Crippen molar-refractivity contribution in [1.82, 2.24) is 4.31 Å². The van der Waals surface area contributed by atoms with E-state index in [1.54, 1.807) is 22.5 Å². The number of rotatable bonds is 3. The Kier molecular flexibility index (Phi) is 4.54. The van der Waals surface area contributed by atoms with E-state index in [0.717, 1.165) is 24.1 Å². The molecule has 136 valence electrons. The van der Waals surface area contributed by atoms with Crippen LogP contribution in [0, 0.1) is 0 Å². The molecule has 2 aromatic carbocycles. The minimum absolute atomic E-state index is 0.0175. The zero-order valence-corrected chi connectivity index (χ0v) is 15.3. The van der Waals surface area contributed by atoms with Crippen LogP contribution in [0.5, 0.6) is 0 Å². The molecule has 0 aromatic heterocycles. The molecule has 2 heterocycles. The predicted molar refractivity (Wildman–Crippen MR) is 101 cm³/mol. The van der Waals surface area contributed by atoms with Crippen LogP contribution in [0.3, 0.4) is 0 Å². The third-order valence-corrected chi connectivity index (χ3v) is 7.23. The van der Waals surface area contributed by atoms with E-state index in [-0.39, 0.29) is 5.91 Å². The molecule has 6 heteroatoms. The molecule has 1 saturated heterocycles. The molecule has 1 amide bonds. The quantitative estimate of drug-likeness (QED) is 0.903. The largest absolute Gasteiger partial charge is 0.326 e. The van der Waals surface area contributed by atoms with Gasteiger partial charge in [0.2, 0.25) is 15.9 Å². The lowest BCUT2D eigenvalue weighted by atomic mass is 9.90. The Morgan fingerprint density at radius 1 is 0.962 bits per heavy atom. The van der Waals surface area contributed by atoms with Gasteiger partial charge in [0.1, 0.15) is 0 Å². The second-order valence-corrected chi connectivity index (χ2v) is 8.89. The third kappa shape index (κ3) is 3.27. The van der Waals surface area contributed by atoms with E-state index in [4.69, 9.17) is 0 Å². The summed E-state index contributed by atoms with van der Waals surface area (Å²) >= 11 is 0. The summed E-state index contributed by atoms with van der Waals surface area (Å²) in [7, 11) is -3.49. The first-order chi connectivity index (χ1) is 12.5. The van der Waals surface area contributed by atoms with Crippen LogP contribution < -0.4 is 5.32 Å². The molecular weight excluding hydrogens is 348 g/mol. The number of carbonyl (C=O) groups excluding carboxylic acids is 1. The van der Waals surface area contributed by atoms with Crippen molar-refractivity contribution in [3.8, 4) is 0 Å². The second kappa shape index (κ2) is 6.85. The standard InChI is InChI=1S/C20H22N2O3S/c23-20-9-6-17-14-18(7-8-19(17)21-20)26(24,25)22-12-10-16(11-13-22)15-4-2-1-3-5-15/h1-5,7-8,14,16H,6,9-13H2,(H,21,23). The van der Waals surface area contributed by atoms with Gasteiger partial charge in [0.05, 0.1) is 4.90 Å². The van der Waals surface area contributed by atoms with Crippen LogP contribution in [-0.4, -0.2) is 31.7 Å². The van der Waals surface area contributed by atoms with Crippen molar-refractivity contribution in [2.45, 2.75) is 36.5 Å². The molecule has 0 saturated carbocycles. The second-order valence-electron chi connectivity index (χ2n) is 6.96. The first-order valence-electron chi connectivity index (χ1n) is 9.02. The number of benzene rings is 2. The number of nitrogens with zero attached hydrogens (tertiary/aromatic N) is 1. The highest BCUT2D eigenvalue weighted by molar-refractivity contribution is 7.89. The number of fused-ring (bicyclic) bond motifs is 1. The van der Waals surface area contributed by atoms with Gasteiger partial charge >= 0.3 is 0 Å². The number of amides is 1. The van der Waals surface area contributed by atoms with Gasteiger partial charge < -0.3 is 5.32 Å². The summed E-state index contributed by atoms with van der Waals surface area (Å²) in [5.74, 6) is 0.400. The fourth-order valence-electron chi connectivity index (χ4n) is 3.82. The summed E-state index contributed by atoms with van der Waals surface area (Å²) in [6.07, 6.45) is 2.66. The van der Waals surface area contributed by atoms with Gasteiger partial charge in [0.15, 0.2) is 0 Å². The Hall–Kier alpha value is -2.18. The molecule has 0 bridgehead atoms. The van der Waals surface area contributed by atoms with Gasteiger partial charge in [-0.25, -0.2) is 8.42 Å². The molecule has 2 aliphatic rings. The highest BCUT2D eigenvalue weighted by atomic mass is 32.2. The maximum atomic E-state index is 13.0. The first-order valence-corrected chi connectivity index (χ1v) is 10.5. The van der Waals surface area contributed by atoms with Crippen molar-refractivity contribution in [2.24, 2.45) is 0 Å². The lowest BCUT2D eigenvalue weighted by Gasteiger charge is -2.31. The van der Waals surface area contributed by atoms with Gasteiger partial charge in [0, 0.05) is 25.2 Å². The Morgan fingerprint density at radius 3 is 2.42 bits per heavy atom. The van der Waals surface area contributed by atoms with Crippen molar-refractivity contribution in [3.05, 3.63) is 59.7 Å². The number of aryl methyl sites for hydroxylation is 1. The third-order valence-electron chi connectivity index (χ3n) is 5.33. The van der Waals surface area contributed by atoms with Crippen LogP contribution in [-0.2, 0) is 21.2 Å². The van der Waals surface area contributed by atoms with E-state index < -0.39 is 10.0 Å². The molecule has 2 aromatic rings. The maximum absolute atomic E-state index is 13.0. The smallest absolute Gasteiger partial charge is 0.243 e. The van der Waals surface area contributed by atoms with Crippen LogP contribution in [0.2, 0.25) is 0 Å². The van der Waals surface area contributed by atoms with Crippen LogP contribution in [0.15, 0.2) is 53.4 Å². The SMILES string of the molecule is O=C1CCc2cc(S(=O)(=O)N3CCC(c4ccccc4)CC3)ccc2N1. The van der Waals surface area contributed by atoms with Gasteiger partial charge in [-0.2, -0.15) is 4.31 Å². The molecule has 1 fully saturated rings. The van der Waals surface area contributed by atoms with E-state index in [1.807, 2.05) is 18.2 Å². The topological polar surface area (TPSA) is 66.5 Å². The van der Waals surface area contributed by atoms with E-state index in [0.29, 0.717) is 36.7 Å². The van der Waals surface area contributed by atoms with Crippen LogP contribution in [0.1, 0.15) is 36.3 Å². The van der Waals surface area contributed by atoms with Gasteiger partial charge in [-0.15, -0.1) is 0 Å². The van der Waals surface area contributed by atoms with Gasteiger partial charge in [-0.1, -0.05) is 30.3 Å². The van der Waals surface area contributed by atoms with Crippen LogP contribution >= 0.6 is 0 Å². The maximum Gasteiger partial charge on any atom is 0.243 e. The molecule has 0 radical (unpaired) electrons. The summed E-state index contributed by atoms with van der Waals surface area (Å²) in [5.41, 5.74) is 2.90. The van der Waals surface area contributed by atoms with Gasteiger partial charge in [-0.05, 0) is 54.5 Å². The fraction of sp³-hybridized carbons (Fsp3) is 0.350. The molecular formula is C20H22N2O3S. The van der Waals surface area contributed by atoms with E-state index >= 15 is 0 Å². The Morgan fingerprint density at radius 2 is 1.69 bits per heavy atom. The van der Waals surface area contributed by atoms with Crippen LogP contribution in [0.25, 0.3) is 0 Å². The van der Waals surface area contributed by atoms with Gasteiger partial charge in [-0.3, -0.25) is 4.79 Å². The van der Waals surface area contributed by atoms with Crippen molar-refractivity contribution in [1.29, 1.82) is 0 Å². The average Bonchev–Trinajstić information content (AvgIpc) is 2.68. The first kappa shape index (κ1) is 17.2. The number of carbonyl (C=O) groups is 1. The highest BCUT2D eigenvalue weighted by Gasteiger charge is 2.30. The number of piperidine rings is 1. The average molecular weight is 370 g/mol. The highest BCUT2D eigenvalue weighted by Crippen LogP contribution is 2.32. The molecule has 1 N–H and O–H groups in total. The fourth-order valence-corrected chi connectivity index (χ4v) is 5.34. The van der Waals surface area contributed by atoms with Crippen molar-refractivity contribution in [3.63, 3.8) is 0 Å². The Bertz CT molecular complexity index is 917. The molecule has 0 aliphatic carbocycles. The Labute approximate surface area is 154 Å². The number of sulfonamides is 1. The van der Waals surface area contributed by atoms with E-state index in [9.17, 15) is 13.2 Å². The van der Waals surface area contributed by atoms with Crippen molar-refractivity contribution in [2.75, 3.05) is 18.4 Å². The monoisotopic (exact) mass is 370 g/mol. The summed E-state index contributed by atoms with van der Waals surface area (Å²) < 4.78 is 27.6. The zero-order valence-electron chi connectivity index (χ0n) is 14.5. The van der Waals surface area contributed by atoms with E-state index in [1.165, 1.54) is 5.56 Å². The van der Waals surface area contributed by atoms with Crippen molar-refractivity contribution >= 4 is 21.6 Å². The zero-order chi connectivity index (χ0) is 18.1.